The molecule has 0 saturated carbocycles. The number of unbranched alkanes of at least 4 members (excludes halogenated alkanes) is 1. The Balaban J connectivity index is 1.91. The number of benzene rings is 1. The number of anilines is 1. The van der Waals surface area contributed by atoms with Gasteiger partial charge in [-0.1, -0.05) is 37.6 Å². The van der Waals surface area contributed by atoms with Crippen molar-refractivity contribution in [3.63, 3.8) is 0 Å². The van der Waals surface area contributed by atoms with Gasteiger partial charge in [-0.3, -0.25) is 0 Å². The minimum absolute atomic E-state index is 0.417. The van der Waals surface area contributed by atoms with Gasteiger partial charge in [0.15, 0.2) is 5.13 Å². The number of nitrogens with one attached hydrogen (secondary N) is 2. The van der Waals surface area contributed by atoms with Gasteiger partial charge < -0.3 is 5.32 Å². The summed E-state index contributed by atoms with van der Waals surface area (Å²) in [4.78, 5) is 4.59. The lowest BCUT2D eigenvalue weighted by Gasteiger charge is -2.04. The molecule has 0 aliphatic carbocycles. The predicted molar refractivity (Wildman–Crippen MR) is 97.5 cm³/mol. The SMILES string of the molecule is CCCCNc1nc(-c2ccc(CCNS(C)(=O)=O)cc2)cs1. The quantitative estimate of drug-likeness (QED) is 0.680. The largest absolute Gasteiger partial charge is 0.362 e. The van der Waals surface area contributed by atoms with Gasteiger partial charge in [0, 0.05) is 24.0 Å². The van der Waals surface area contributed by atoms with Gasteiger partial charge >= 0.3 is 0 Å². The molecule has 0 radical (unpaired) electrons. The van der Waals surface area contributed by atoms with Crippen molar-refractivity contribution in [2.24, 2.45) is 0 Å². The molecule has 2 aromatic rings. The molecule has 0 aliphatic heterocycles. The van der Waals surface area contributed by atoms with Crippen molar-refractivity contribution in [3.05, 3.63) is 35.2 Å². The third-order valence-corrected chi connectivity index (χ3v) is 4.87. The van der Waals surface area contributed by atoms with Gasteiger partial charge in [-0.05, 0) is 18.4 Å². The standard InChI is InChI=1S/C16H23N3O2S2/c1-3-4-10-17-16-19-15(12-22-16)14-7-5-13(6-8-14)9-11-18-23(2,20)21/h5-8,12,18H,3-4,9-11H2,1-2H3,(H,17,19). The summed E-state index contributed by atoms with van der Waals surface area (Å²) < 4.78 is 24.6. The van der Waals surface area contributed by atoms with Crippen LogP contribution in [0.25, 0.3) is 11.3 Å². The number of thiazole rings is 1. The fourth-order valence-electron chi connectivity index (χ4n) is 2.08. The molecule has 0 spiro atoms. The summed E-state index contributed by atoms with van der Waals surface area (Å²) in [7, 11) is -3.12. The first kappa shape index (κ1) is 17.9. The molecule has 0 unspecified atom stereocenters. The first-order valence-electron chi connectivity index (χ1n) is 7.71. The normalized spacial score (nSPS) is 11.6. The molecule has 23 heavy (non-hydrogen) atoms. The van der Waals surface area contributed by atoms with Gasteiger partial charge in [-0.25, -0.2) is 18.1 Å². The third-order valence-electron chi connectivity index (χ3n) is 3.34. The van der Waals surface area contributed by atoms with Crippen molar-refractivity contribution < 1.29 is 8.42 Å². The molecule has 0 saturated heterocycles. The van der Waals surface area contributed by atoms with Gasteiger partial charge in [0.1, 0.15) is 0 Å². The van der Waals surface area contributed by atoms with Crippen LogP contribution in [0.1, 0.15) is 25.3 Å². The number of sulfonamides is 1. The molecule has 1 aromatic heterocycles. The second-order valence-corrected chi connectivity index (χ2v) is 8.12. The zero-order valence-corrected chi connectivity index (χ0v) is 15.1. The van der Waals surface area contributed by atoms with E-state index in [4.69, 9.17) is 0 Å². The molecule has 0 fully saturated rings. The van der Waals surface area contributed by atoms with Gasteiger partial charge in [-0.2, -0.15) is 0 Å². The molecule has 0 amide bonds. The highest BCUT2D eigenvalue weighted by Crippen LogP contribution is 2.25. The smallest absolute Gasteiger partial charge is 0.208 e. The summed E-state index contributed by atoms with van der Waals surface area (Å²) in [6.07, 6.45) is 4.16. The van der Waals surface area contributed by atoms with E-state index < -0.39 is 10.0 Å². The van der Waals surface area contributed by atoms with Gasteiger partial charge in [0.05, 0.1) is 11.9 Å². The Hall–Kier alpha value is -1.44. The molecule has 0 aliphatic rings. The van der Waals surface area contributed by atoms with E-state index in [1.165, 1.54) is 12.7 Å². The van der Waals surface area contributed by atoms with Crippen molar-refractivity contribution in [2.45, 2.75) is 26.2 Å². The molecule has 7 heteroatoms. The maximum Gasteiger partial charge on any atom is 0.208 e. The molecule has 2 N–H and O–H groups in total. The lowest BCUT2D eigenvalue weighted by Crippen LogP contribution is -2.24. The highest BCUT2D eigenvalue weighted by Gasteiger charge is 2.05. The zero-order chi connectivity index (χ0) is 16.7. The lowest BCUT2D eigenvalue weighted by molar-refractivity contribution is 0.588. The fourth-order valence-corrected chi connectivity index (χ4v) is 3.30. The average Bonchev–Trinajstić information content (AvgIpc) is 2.96. The zero-order valence-electron chi connectivity index (χ0n) is 13.5. The highest BCUT2D eigenvalue weighted by molar-refractivity contribution is 7.88. The molecule has 0 atom stereocenters. The Morgan fingerprint density at radius 3 is 2.57 bits per heavy atom. The summed E-state index contributed by atoms with van der Waals surface area (Å²) in [6.45, 7) is 3.54. The molecular weight excluding hydrogens is 330 g/mol. The summed E-state index contributed by atoms with van der Waals surface area (Å²) in [6, 6.07) is 8.09. The van der Waals surface area contributed by atoms with Gasteiger partial charge in [0.25, 0.3) is 0 Å². The van der Waals surface area contributed by atoms with Crippen LogP contribution in [0.15, 0.2) is 29.6 Å². The van der Waals surface area contributed by atoms with Crippen LogP contribution in [0, 0.1) is 0 Å². The van der Waals surface area contributed by atoms with E-state index in [-0.39, 0.29) is 0 Å². The number of hydrogen-bond acceptors (Lipinski definition) is 5. The van der Waals surface area contributed by atoms with Crippen LogP contribution in [0.3, 0.4) is 0 Å². The Morgan fingerprint density at radius 1 is 1.17 bits per heavy atom. The maximum absolute atomic E-state index is 11.0. The van der Waals surface area contributed by atoms with Crippen molar-refractivity contribution in [1.82, 2.24) is 9.71 Å². The van der Waals surface area contributed by atoms with Crippen molar-refractivity contribution >= 4 is 26.5 Å². The van der Waals surface area contributed by atoms with Crippen LogP contribution in [-0.2, 0) is 16.4 Å². The highest BCUT2D eigenvalue weighted by atomic mass is 32.2. The van der Waals surface area contributed by atoms with Crippen molar-refractivity contribution in [3.8, 4) is 11.3 Å². The van der Waals surface area contributed by atoms with Crippen LogP contribution in [0.2, 0.25) is 0 Å². The average molecular weight is 354 g/mol. The van der Waals surface area contributed by atoms with Crippen LogP contribution in [-0.4, -0.2) is 32.7 Å². The number of aromatic nitrogens is 1. The van der Waals surface area contributed by atoms with Crippen LogP contribution in [0.4, 0.5) is 5.13 Å². The number of rotatable bonds is 9. The van der Waals surface area contributed by atoms with E-state index in [0.29, 0.717) is 13.0 Å². The third kappa shape index (κ3) is 6.29. The Kier molecular flexibility index (Phi) is 6.56. The minimum Gasteiger partial charge on any atom is -0.362 e. The summed E-state index contributed by atoms with van der Waals surface area (Å²) in [5.41, 5.74) is 3.14. The van der Waals surface area contributed by atoms with Crippen LogP contribution >= 0.6 is 11.3 Å². The summed E-state index contributed by atoms with van der Waals surface area (Å²) in [5.74, 6) is 0. The molecule has 1 heterocycles. The summed E-state index contributed by atoms with van der Waals surface area (Å²) in [5, 5.41) is 6.34. The number of hydrogen-bond donors (Lipinski definition) is 2. The molecular formula is C16H23N3O2S2. The summed E-state index contributed by atoms with van der Waals surface area (Å²) >= 11 is 1.62. The maximum atomic E-state index is 11.0. The van der Waals surface area contributed by atoms with E-state index in [1.807, 2.05) is 24.3 Å². The van der Waals surface area contributed by atoms with E-state index >= 15 is 0 Å². The van der Waals surface area contributed by atoms with E-state index in [1.54, 1.807) is 11.3 Å². The van der Waals surface area contributed by atoms with Crippen LogP contribution < -0.4 is 10.0 Å². The van der Waals surface area contributed by atoms with Crippen molar-refractivity contribution in [1.29, 1.82) is 0 Å². The van der Waals surface area contributed by atoms with E-state index in [0.717, 1.165) is 34.9 Å². The Bertz CT molecular complexity index is 709. The second kappa shape index (κ2) is 8.42. The van der Waals surface area contributed by atoms with E-state index in [2.05, 4.69) is 27.3 Å². The van der Waals surface area contributed by atoms with Gasteiger partial charge in [0.2, 0.25) is 10.0 Å². The molecule has 2 rings (SSSR count). The fraction of sp³-hybridized carbons (Fsp3) is 0.438. The Labute approximate surface area is 142 Å². The van der Waals surface area contributed by atoms with Crippen molar-refractivity contribution in [2.75, 3.05) is 24.7 Å². The van der Waals surface area contributed by atoms with Crippen LogP contribution in [0.5, 0.6) is 0 Å². The lowest BCUT2D eigenvalue weighted by atomic mass is 10.1. The molecule has 1 aromatic carbocycles. The first-order chi connectivity index (χ1) is 11.0. The monoisotopic (exact) mass is 353 g/mol. The molecule has 5 nitrogen and oxygen atoms in total. The second-order valence-electron chi connectivity index (χ2n) is 5.43. The van der Waals surface area contributed by atoms with E-state index in [9.17, 15) is 8.42 Å². The Morgan fingerprint density at radius 2 is 1.91 bits per heavy atom. The molecule has 0 bridgehead atoms. The minimum atomic E-state index is -3.12. The topological polar surface area (TPSA) is 71.1 Å². The predicted octanol–water partition coefficient (Wildman–Crippen LogP) is 3.11. The number of nitrogens with zero attached hydrogens (tertiary/aromatic N) is 1. The van der Waals surface area contributed by atoms with Gasteiger partial charge in [-0.15, -0.1) is 11.3 Å². The molecule has 126 valence electrons. The first-order valence-corrected chi connectivity index (χ1v) is 10.5.